The van der Waals surface area contributed by atoms with Crippen molar-refractivity contribution in [3.05, 3.63) is 60.8 Å². The number of hydrogen-bond acceptors (Lipinski definition) is 8. The maximum Gasteiger partial charge on any atom is 0.472 e. The van der Waals surface area contributed by atoms with E-state index in [2.05, 4.69) is 79.9 Å². The number of carbonyl (C=O) groups is 3. The number of aliphatic carboxylic acids is 1. The second-order valence-electron chi connectivity index (χ2n) is 18.4. The van der Waals surface area contributed by atoms with Crippen LogP contribution in [0.4, 0.5) is 0 Å². The van der Waals surface area contributed by atoms with Gasteiger partial charge in [0, 0.05) is 12.8 Å². The van der Waals surface area contributed by atoms with Gasteiger partial charge in [0.25, 0.3) is 0 Å². The normalized spacial score (nSPS) is 13.9. The maximum absolute atomic E-state index is 12.4. The smallest absolute Gasteiger partial charge is 0.472 e. The van der Waals surface area contributed by atoms with Crippen LogP contribution in [0.5, 0.6) is 0 Å². The summed E-state index contributed by atoms with van der Waals surface area (Å²) in [7, 11) is -4.77. The quantitative estimate of drug-likeness (QED) is 0.0199. The van der Waals surface area contributed by atoms with Crippen molar-refractivity contribution in [3.8, 4) is 0 Å². The molecule has 3 atom stereocenters. The molecule has 0 aliphatic heterocycles. The minimum absolute atomic E-state index is 0.146. The van der Waals surface area contributed by atoms with Crippen LogP contribution in [0.1, 0.15) is 245 Å². The number of allylic oxidation sites excluding steroid dienone is 10. The van der Waals surface area contributed by atoms with Gasteiger partial charge in [0.2, 0.25) is 5.91 Å². The van der Waals surface area contributed by atoms with E-state index in [0.29, 0.717) is 12.8 Å². The largest absolute Gasteiger partial charge is 0.480 e. The lowest BCUT2D eigenvalue weighted by Gasteiger charge is -2.18. The fraction of sp³-hybridized carbons (Fsp3) is 0.768. The molecule has 1 amide bonds. The van der Waals surface area contributed by atoms with Crippen LogP contribution in [-0.4, -0.2) is 64.9 Å². The number of amides is 1. The van der Waals surface area contributed by atoms with Gasteiger partial charge in [0.15, 0.2) is 6.04 Å². The summed E-state index contributed by atoms with van der Waals surface area (Å²) < 4.78 is 27.0. The van der Waals surface area contributed by atoms with E-state index in [4.69, 9.17) is 13.8 Å². The third-order valence-electron chi connectivity index (χ3n) is 11.8. The van der Waals surface area contributed by atoms with Gasteiger partial charge in [-0.25, -0.2) is 9.36 Å². The Bertz CT molecular complexity index is 1380. The monoisotopic (exact) mass is 978 g/mol. The zero-order valence-corrected chi connectivity index (χ0v) is 44.0. The molecular weight excluding hydrogens is 878 g/mol. The van der Waals surface area contributed by atoms with Crippen LogP contribution in [0, 0.1) is 0 Å². The molecule has 11 nitrogen and oxygen atoms in total. The average molecular weight is 978 g/mol. The lowest BCUT2D eigenvalue weighted by Crippen LogP contribution is -2.43. The number of carboxylic acid groups (broad SMARTS) is 1. The Balaban J connectivity index is 3.82. The van der Waals surface area contributed by atoms with E-state index in [9.17, 15) is 34.1 Å². The van der Waals surface area contributed by atoms with Crippen LogP contribution in [0.25, 0.3) is 0 Å². The van der Waals surface area contributed by atoms with Gasteiger partial charge in [-0.3, -0.25) is 18.6 Å². The van der Waals surface area contributed by atoms with Crippen LogP contribution < -0.4 is 5.32 Å². The highest BCUT2D eigenvalue weighted by Gasteiger charge is 2.28. The molecule has 68 heavy (non-hydrogen) atoms. The van der Waals surface area contributed by atoms with Crippen molar-refractivity contribution in [3.63, 3.8) is 0 Å². The van der Waals surface area contributed by atoms with E-state index in [1.165, 1.54) is 122 Å². The van der Waals surface area contributed by atoms with Crippen molar-refractivity contribution < 1.29 is 47.8 Å². The third kappa shape index (κ3) is 49.6. The lowest BCUT2D eigenvalue weighted by atomic mass is 10.0. The predicted octanol–water partition coefficient (Wildman–Crippen LogP) is 15.5. The Morgan fingerprint density at radius 2 is 0.853 bits per heavy atom. The molecule has 394 valence electrons. The van der Waals surface area contributed by atoms with Crippen LogP contribution in [-0.2, 0) is 32.7 Å². The summed E-state index contributed by atoms with van der Waals surface area (Å²) in [4.78, 5) is 46.2. The second kappa shape index (κ2) is 50.6. The number of aliphatic hydroxyl groups excluding tert-OH is 1. The molecule has 0 aliphatic carbocycles. The van der Waals surface area contributed by atoms with Crippen LogP contribution >= 0.6 is 7.82 Å². The molecule has 3 unspecified atom stereocenters. The highest BCUT2D eigenvalue weighted by atomic mass is 31.2. The molecule has 0 saturated carbocycles. The van der Waals surface area contributed by atoms with Crippen molar-refractivity contribution in [1.82, 2.24) is 5.32 Å². The number of phosphoric ester groups is 1. The Hall–Kier alpha value is -2.82. The number of rotatable bonds is 51. The minimum Gasteiger partial charge on any atom is -0.480 e. The van der Waals surface area contributed by atoms with Gasteiger partial charge in [0.05, 0.1) is 13.2 Å². The van der Waals surface area contributed by atoms with Crippen molar-refractivity contribution in [2.45, 2.75) is 257 Å². The van der Waals surface area contributed by atoms with Crippen LogP contribution in [0.2, 0.25) is 0 Å². The highest BCUT2D eigenvalue weighted by molar-refractivity contribution is 7.47. The average Bonchev–Trinajstić information content (AvgIpc) is 3.32. The van der Waals surface area contributed by atoms with E-state index in [-0.39, 0.29) is 12.8 Å². The fourth-order valence-corrected chi connectivity index (χ4v) is 8.41. The predicted molar refractivity (Wildman–Crippen MR) is 282 cm³/mol. The van der Waals surface area contributed by atoms with Gasteiger partial charge < -0.3 is 25.2 Å². The Kier molecular flexibility index (Phi) is 48.5. The summed E-state index contributed by atoms with van der Waals surface area (Å²) in [5.41, 5.74) is 0. The van der Waals surface area contributed by atoms with E-state index in [1.54, 1.807) is 0 Å². The van der Waals surface area contributed by atoms with Crippen molar-refractivity contribution in [2.24, 2.45) is 0 Å². The van der Waals surface area contributed by atoms with E-state index >= 15 is 0 Å². The molecule has 0 radical (unpaired) electrons. The third-order valence-corrected chi connectivity index (χ3v) is 12.8. The lowest BCUT2D eigenvalue weighted by molar-refractivity contribution is -0.147. The SMILES string of the molecule is CC/C=C\C/C=C\C/C=C\C/C=C\C/C=C\CCCCCCCC(=O)OCC(O)COP(=O)(O)OCC(NC(=O)CCCCCCCCCCCCCCCCCCCCCCCCC)C(=O)O. The first-order chi connectivity index (χ1) is 33.1. The number of esters is 1. The number of carbonyl (C=O) groups excluding carboxylic acids is 2. The van der Waals surface area contributed by atoms with E-state index in [1.807, 2.05) is 0 Å². The van der Waals surface area contributed by atoms with Gasteiger partial charge in [-0.1, -0.05) is 235 Å². The number of ether oxygens (including phenoxy) is 1. The van der Waals surface area contributed by atoms with Crippen LogP contribution in [0.3, 0.4) is 0 Å². The number of aliphatic hydroxyl groups is 1. The molecule has 0 saturated heterocycles. The van der Waals surface area contributed by atoms with E-state index in [0.717, 1.165) is 83.5 Å². The van der Waals surface area contributed by atoms with Gasteiger partial charge >= 0.3 is 19.8 Å². The van der Waals surface area contributed by atoms with E-state index < -0.39 is 57.6 Å². The Labute approximate surface area is 415 Å². The molecule has 0 aromatic rings. The molecule has 0 aromatic heterocycles. The number of phosphoric acid groups is 1. The summed E-state index contributed by atoms with van der Waals surface area (Å²) in [5, 5.41) is 22.0. The highest BCUT2D eigenvalue weighted by Crippen LogP contribution is 2.43. The van der Waals surface area contributed by atoms with Crippen molar-refractivity contribution in [2.75, 3.05) is 19.8 Å². The summed E-state index contributed by atoms with van der Waals surface area (Å²) in [6, 6.07) is -1.55. The maximum atomic E-state index is 12.4. The van der Waals surface area contributed by atoms with Gasteiger partial charge in [-0.2, -0.15) is 0 Å². The second-order valence-corrected chi connectivity index (χ2v) is 19.9. The molecular formula is C56H100NO10P. The molecule has 12 heteroatoms. The topological polar surface area (TPSA) is 169 Å². The molecule has 0 rings (SSSR count). The molecule has 0 aromatic carbocycles. The van der Waals surface area contributed by atoms with Gasteiger partial charge in [0.1, 0.15) is 12.7 Å². The number of carboxylic acids is 1. The Morgan fingerprint density at radius 3 is 1.28 bits per heavy atom. The summed E-state index contributed by atoms with van der Waals surface area (Å²) in [5.74, 6) is -2.38. The molecule has 0 heterocycles. The van der Waals surface area contributed by atoms with Crippen molar-refractivity contribution in [1.29, 1.82) is 0 Å². The zero-order chi connectivity index (χ0) is 49.9. The van der Waals surface area contributed by atoms with Gasteiger partial charge in [-0.05, 0) is 57.8 Å². The molecule has 4 N–H and O–H groups in total. The van der Waals surface area contributed by atoms with Crippen LogP contribution in [0.15, 0.2) is 60.8 Å². The first kappa shape index (κ1) is 65.2. The first-order valence-corrected chi connectivity index (χ1v) is 28.8. The van der Waals surface area contributed by atoms with Crippen molar-refractivity contribution >= 4 is 25.7 Å². The molecule has 0 fully saturated rings. The number of hydrogen-bond donors (Lipinski definition) is 4. The molecule has 0 bridgehead atoms. The summed E-state index contributed by atoms with van der Waals surface area (Å²) in [6.07, 6.45) is 61.0. The summed E-state index contributed by atoms with van der Waals surface area (Å²) in [6.45, 7) is 2.50. The standard InChI is InChI=1S/C56H100NO10P/c1-3-5-7-9-11-13-15-17-19-21-23-25-26-28-29-31-33-35-37-39-41-43-45-47-54(59)57-53(56(61)62)51-67-68(63,64)66-50-52(58)49-65-55(60)48-46-44-42-40-38-36-34-32-30-27-24-22-20-18-16-14-12-10-8-6-4-2/h6,8,12,14,18,20,24,27,32,34,52-53,58H,3-5,7,9-11,13,15-17,19,21-23,25-26,28-31,33,35-51H2,1-2H3,(H,57,59)(H,61,62)(H,63,64)/b8-6-,14-12-,20-18-,27-24-,34-32-. The first-order valence-electron chi connectivity index (χ1n) is 27.3. The number of nitrogens with one attached hydrogen (secondary N) is 1. The summed E-state index contributed by atoms with van der Waals surface area (Å²) >= 11 is 0. The fourth-order valence-electron chi connectivity index (χ4n) is 7.64. The molecule has 0 aliphatic rings. The van der Waals surface area contributed by atoms with Gasteiger partial charge in [-0.15, -0.1) is 0 Å². The molecule has 0 spiro atoms. The Morgan fingerprint density at radius 1 is 0.485 bits per heavy atom. The number of unbranched alkanes of at least 4 members (excludes halogenated alkanes) is 27. The zero-order valence-electron chi connectivity index (χ0n) is 43.2. The minimum atomic E-state index is -4.77.